The number of thiazole rings is 1. The molecule has 2 aromatic rings. The topological polar surface area (TPSA) is 35.0 Å². The summed E-state index contributed by atoms with van der Waals surface area (Å²) < 4.78 is 5.65. The van der Waals surface area contributed by atoms with Crippen molar-refractivity contribution in [2.24, 2.45) is 0 Å². The van der Waals surface area contributed by atoms with Crippen LogP contribution in [0.3, 0.4) is 0 Å². The highest BCUT2D eigenvalue weighted by Gasteiger charge is 2.05. The van der Waals surface area contributed by atoms with Crippen LogP contribution >= 0.6 is 22.9 Å². The van der Waals surface area contributed by atoms with E-state index in [1.54, 1.807) is 23.0 Å². The molecule has 84 valence electrons. The van der Waals surface area contributed by atoms with Crippen molar-refractivity contribution in [1.29, 1.82) is 0 Å². The molecule has 5 heteroatoms. The molecule has 0 amide bonds. The smallest absolute Gasteiger partial charge is 0.142 e. The Hall–Kier alpha value is -1.13. The molecule has 16 heavy (non-hydrogen) atoms. The average molecular weight is 255 g/mol. The van der Waals surface area contributed by atoms with E-state index < -0.39 is 0 Å². The zero-order valence-corrected chi connectivity index (χ0v) is 10.4. The van der Waals surface area contributed by atoms with Crippen molar-refractivity contribution in [2.45, 2.75) is 19.4 Å². The number of ether oxygens (including phenoxy) is 1. The maximum atomic E-state index is 5.81. The molecule has 0 N–H and O–H groups in total. The Morgan fingerprint density at radius 3 is 3.00 bits per heavy atom. The number of alkyl halides is 1. The molecule has 0 aliphatic carbocycles. The Morgan fingerprint density at radius 1 is 1.44 bits per heavy atom. The van der Waals surface area contributed by atoms with Crippen LogP contribution in [0.4, 0.5) is 0 Å². The zero-order valence-electron chi connectivity index (χ0n) is 8.81. The molecule has 0 fully saturated rings. The molecular formula is C11H11ClN2OS. The number of nitrogens with zero attached hydrogens (tertiary/aromatic N) is 2. The van der Waals surface area contributed by atoms with Crippen molar-refractivity contribution in [2.75, 3.05) is 0 Å². The van der Waals surface area contributed by atoms with Gasteiger partial charge in [-0.1, -0.05) is 0 Å². The minimum atomic E-state index is 0.361. The van der Waals surface area contributed by atoms with Gasteiger partial charge < -0.3 is 4.74 Å². The van der Waals surface area contributed by atoms with Gasteiger partial charge in [0.2, 0.25) is 0 Å². The van der Waals surface area contributed by atoms with Gasteiger partial charge in [0.25, 0.3) is 0 Å². The van der Waals surface area contributed by atoms with E-state index in [1.807, 2.05) is 19.1 Å². The summed E-state index contributed by atoms with van der Waals surface area (Å²) in [4.78, 5) is 9.39. The fourth-order valence-corrected chi connectivity index (χ4v) is 1.98. The van der Waals surface area contributed by atoms with Crippen molar-refractivity contribution >= 4 is 22.9 Å². The van der Waals surface area contributed by atoms with Gasteiger partial charge in [0.15, 0.2) is 0 Å². The largest absolute Gasteiger partial charge is 0.486 e. The fraction of sp³-hybridized carbons (Fsp3) is 0.273. The van der Waals surface area contributed by atoms with E-state index in [2.05, 4.69) is 9.97 Å². The van der Waals surface area contributed by atoms with Gasteiger partial charge in [-0.15, -0.1) is 22.9 Å². The molecule has 3 nitrogen and oxygen atoms in total. The van der Waals surface area contributed by atoms with Crippen molar-refractivity contribution in [3.63, 3.8) is 0 Å². The van der Waals surface area contributed by atoms with Crippen molar-refractivity contribution in [3.05, 3.63) is 40.1 Å². The van der Waals surface area contributed by atoms with Crippen molar-refractivity contribution < 1.29 is 4.74 Å². The van der Waals surface area contributed by atoms with E-state index in [0.717, 1.165) is 22.0 Å². The van der Waals surface area contributed by atoms with E-state index in [9.17, 15) is 0 Å². The first-order chi connectivity index (χ1) is 7.79. The molecule has 2 heterocycles. The van der Waals surface area contributed by atoms with E-state index in [1.165, 1.54) is 0 Å². The van der Waals surface area contributed by atoms with Crippen LogP contribution in [0.2, 0.25) is 0 Å². The number of pyridine rings is 1. The number of halogens is 1. The van der Waals surface area contributed by atoms with Crippen LogP contribution in [0.5, 0.6) is 5.75 Å². The lowest BCUT2D eigenvalue weighted by molar-refractivity contribution is 0.305. The van der Waals surface area contributed by atoms with Crippen LogP contribution < -0.4 is 4.74 Å². The lowest BCUT2D eigenvalue weighted by Gasteiger charge is -2.08. The average Bonchev–Trinajstić information content (AvgIpc) is 2.80. The second-order valence-electron chi connectivity index (χ2n) is 3.29. The summed E-state index contributed by atoms with van der Waals surface area (Å²) in [6.07, 6.45) is 1.80. The van der Waals surface area contributed by atoms with Gasteiger partial charge in [-0.25, -0.2) is 0 Å². The number of hydrogen-bond acceptors (Lipinski definition) is 4. The molecule has 0 atom stereocenters. The first kappa shape index (κ1) is 11.4. The summed E-state index contributed by atoms with van der Waals surface area (Å²) >= 11 is 7.38. The van der Waals surface area contributed by atoms with E-state index >= 15 is 0 Å². The Bertz CT molecular complexity index is 459. The monoisotopic (exact) mass is 254 g/mol. The Kier molecular flexibility index (Phi) is 3.74. The first-order valence-corrected chi connectivity index (χ1v) is 6.23. The third-order valence-corrected chi connectivity index (χ3v) is 3.06. The molecule has 0 unspecified atom stereocenters. The third-order valence-electron chi connectivity index (χ3n) is 2.05. The summed E-state index contributed by atoms with van der Waals surface area (Å²) in [5.41, 5.74) is 3.51. The van der Waals surface area contributed by atoms with Gasteiger partial charge in [0.05, 0.1) is 22.0 Å². The quantitative estimate of drug-likeness (QED) is 0.786. The van der Waals surface area contributed by atoms with E-state index in [0.29, 0.717) is 12.5 Å². The number of aryl methyl sites for hydroxylation is 1. The standard InChI is InChI=1S/C11H11ClN2OS/c1-8-2-3-11(10(4-12)14-8)15-6-9-5-13-7-16-9/h2-3,5,7H,4,6H2,1H3. The van der Waals surface area contributed by atoms with Gasteiger partial charge in [0.1, 0.15) is 12.4 Å². The SMILES string of the molecule is Cc1ccc(OCc2cncs2)c(CCl)n1. The van der Waals surface area contributed by atoms with Gasteiger partial charge >= 0.3 is 0 Å². The molecule has 2 aromatic heterocycles. The van der Waals surface area contributed by atoms with Gasteiger partial charge in [0, 0.05) is 11.9 Å². The second-order valence-corrected chi connectivity index (χ2v) is 4.53. The molecule has 0 aliphatic heterocycles. The fourth-order valence-electron chi connectivity index (χ4n) is 1.29. The number of aromatic nitrogens is 2. The zero-order chi connectivity index (χ0) is 11.4. The Morgan fingerprint density at radius 2 is 2.31 bits per heavy atom. The molecule has 2 rings (SSSR count). The maximum absolute atomic E-state index is 5.81. The summed E-state index contributed by atoms with van der Waals surface area (Å²) in [6, 6.07) is 3.82. The minimum Gasteiger partial charge on any atom is -0.486 e. The molecule has 0 spiro atoms. The molecule has 0 bridgehead atoms. The van der Waals surface area contributed by atoms with Crippen LogP contribution in [0.15, 0.2) is 23.8 Å². The Balaban J connectivity index is 2.09. The summed E-state index contributed by atoms with van der Waals surface area (Å²) in [5.74, 6) is 1.11. The molecular weight excluding hydrogens is 244 g/mol. The molecule has 0 radical (unpaired) electrons. The molecule has 0 saturated heterocycles. The third kappa shape index (κ3) is 2.71. The summed E-state index contributed by atoms with van der Waals surface area (Å²) in [5, 5.41) is 0. The van der Waals surface area contributed by atoms with Crippen LogP contribution in [0.25, 0.3) is 0 Å². The number of rotatable bonds is 4. The number of hydrogen-bond donors (Lipinski definition) is 0. The minimum absolute atomic E-state index is 0.361. The van der Waals surface area contributed by atoms with Gasteiger partial charge in [-0.2, -0.15) is 0 Å². The summed E-state index contributed by atoms with van der Waals surface area (Å²) in [7, 11) is 0. The highest BCUT2D eigenvalue weighted by molar-refractivity contribution is 7.09. The molecule has 0 saturated carbocycles. The Labute approximate surface area is 103 Å². The van der Waals surface area contributed by atoms with Gasteiger partial charge in [-0.3, -0.25) is 9.97 Å². The maximum Gasteiger partial charge on any atom is 0.142 e. The predicted molar refractivity (Wildman–Crippen MR) is 65.0 cm³/mol. The lowest BCUT2D eigenvalue weighted by atomic mass is 10.3. The predicted octanol–water partition coefficient (Wildman–Crippen LogP) is 3.16. The van der Waals surface area contributed by atoms with Crippen molar-refractivity contribution in [1.82, 2.24) is 9.97 Å². The summed E-state index contributed by atoms with van der Waals surface area (Å²) in [6.45, 7) is 2.45. The normalized spacial score (nSPS) is 10.4. The second kappa shape index (κ2) is 5.27. The first-order valence-electron chi connectivity index (χ1n) is 4.82. The van der Waals surface area contributed by atoms with Crippen molar-refractivity contribution in [3.8, 4) is 5.75 Å². The molecule has 0 aromatic carbocycles. The van der Waals surface area contributed by atoms with Crippen LogP contribution in [0.1, 0.15) is 16.3 Å². The van der Waals surface area contributed by atoms with E-state index in [4.69, 9.17) is 16.3 Å². The molecule has 0 aliphatic rings. The lowest BCUT2D eigenvalue weighted by Crippen LogP contribution is -1.99. The van der Waals surface area contributed by atoms with Gasteiger partial charge in [-0.05, 0) is 19.1 Å². The van der Waals surface area contributed by atoms with Crippen LogP contribution in [-0.4, -0.2) is 9.97 Å². The highest BCUT2D eigenvalue weighted by atomic mass is 35.5. The van der Waals surface area contributed by atoms with Crippen LogP contribution in [-0.2, 0) is 12.5 Å². The van der Waals surface area contributed by atoms with E-state index in [-0.39, 0.29) is 0 Å². The van der Waals surface area contributed by atoms with Crippen LogP contribution in [0, 0.1) is 6.92 Å². The highest BCUT2D eigenvalue weighted by Crippen LogP contribution is 2.20.